The lowest BCUT2D eigenvalue weighted by Gasteiger charge is -2.10. The van der Waals surface area contributed by atoms with Crippen LogP contribution >= 0.6 is 0 Å². The third-order valence-electron chi connectivity index (χ3n) is 1.80. The number of hydrogen-bond acceptors (Lipinski definition) is 3. The van der Waals surface area contributed by atoms with Crippen molar-refractivity contribution in [1.82, 2.24) is 0 Å². The van der Waals surface area contributed by atoms with Crippen LogP contribution in [0.2, 0.25) is 0 Å². The summed E-state index contributed by atoms with van der Waals surface area (Å²) in [4.78, 5) is 10.9. The highest BCUT2D eigenvalue weighted by atomic mass is 19.4. The number of alkyl halides is 3. The van der Waals surface area contributed by atoms with Gasteiger partial charge in [-0.25, -0.2) is 0 Å². The molecule has 1 aromatic carbocycles. The molecule has 6 heteroatoms. The predicted octanol–water partition coefficient (Wildman–Crippen LogP) is 2.54. The molecular formula is C10H9F3O3. The number of hydrogen-bond donors (Lipinski definition) is 1. The number of rotatable bonds is 3. The Labute approximate surface area is 89.5 Å². The fourth-order valence-electron chi connectivity index (χ4n) is 1.13. The Morgan fingerprint density at radius 1 is 1.44 bits per heavy atom. The van der Waals surface area contributed by atoms with Gasteiger partial charge in [0.25, 0.3) is 5.78 Å². The first kappa shape index (κ1) is 12.4. The van der Waals surface area contributed by atoms with Gasteiger partial charge in [-0.15, -0.1) is 0 Å². The quantitative estimate of drug-likeness (QED) is 0.817. The average Bonchev–Trinajstić information content (AvgIpc) is 2.19. The summed E-state index contributed by atoms with van der Waals surface area (Å²) in [6.45, 7) is 1.79. The van der Waals surface area contributed by atoms with Crippen LogP contribution in [0, 0.1) is 0 Å². The van der Waals surface area contributed by atoms with Crippen molar-refractivity contribution in [2.75, 3.05) is 6.61 Å². The largest absolute Gasteiger partial charge is 0.504 e. The zero-order valence-electron chi connectivity index (χ0n) is 8.34. The van der Waals surface area contributed by atoms with E-state index in [-0.39, 0.29) is 12.4 Å². The normalized spacial score (nSPS) is 11.2. The Morgan fingerprint density at radius 3 is 2.56 bits per heavy atom. The summed E-state index contributed by atoms with van der Waals surface area (Å²) >= 11 is 0. The van der Waals surface area contributed by atoms with Crippen LogP contribution in [0.1, 0.15) is 17.3 Å². The lowest BCUT2D eigenvalue weighted by Crippen LogP contribution is -2.22. The summed E-state index contributed by atoms with van der Waals surface area (Å²) in [5.41, 5.74) is -0.807. The lowest BCUT2D eigenvalue weighted by molar-refractivity contribution is -0.0886. The second-order valence-electron chi connectivity index (χ2n) is 2.91. The van der Waals surface area contributed by atoms with E-state index in [9.17, 15) is 23.1 Å². The molecule has 1 N–H and O–H groups in total. The van der Waals surface area contributed by atoms with Crippen molar-refractivity contribution in [3.63, 3.8) is 0 Å². The molecule has 0 saturated carbocycles. The first-order valence-electron chi connectivity index (χ1n) is 4.44. The lowest BCUT2D eigenvalue weighted by atomic mass is 10.1. The zero-order valence-corrected chi connectivity index (χ0v) is 8.34. The van der Waals surface area contributed by atoms with Crippen molar-refractivity contribution in [2.45, 2.75) is 13.1 Å². The van der Waals surface area contributed by atoms with Gasteiger partial charge in [0, 0.05) is 0 Å². The van der Waals surface area contributed by atoms with E-state index in [1.807, 2.05) is 0 Å². The maximum Gasteiger partial charge on any atom is 0.455 e. The molecule has 0 aliphatic heterocycles. The van der Waals surface area contributed by atoms with Crippen molar-refractivity contribution in [3.8, 4) is 11.5 Å². The SMILES string of the molecule is CCOc1cccc(C(=O)C(F)(F)F)c1O. The Hall–Kier alpha value is -1.72. The van der Waals surface area contributed by atoms with Gasteiger partial charge in [0.2, 0.25) is 0 Å². The number of ketones is 1. The minimum Gasteiger partial charge on any atom is -0.504 e. The third kappa shape index (κ3) is 2.44. The number of Topliss-reactive ketones (excluding diaryl/α,β-unsaturated/α-hetero) is 1. The topological polar surface area (TPSA) is 46.5 Å². The molecule has 0 spiro atoms. The number of carbonyl (C=O) groups is 1. The highest BCUT2D eigenvalue weighted by molar-refractivity contribution is 6.03. The van der Waals surface area contributed by atoms with Crippen LogP contribution in [-0.4, -0.2) is 23.7 Å². The van der Waals surface area contributed by atoms with Gasteiger partial charge in [-0.3, -0.25) is 4.79 Å². The van der Waals surface area contributed by atoms with E-state index in [4.69, 9.17) is 4.74 Å². The van der Waals surface area contributed by atoms with E-state index in [1.165, 1.54) is 12.1 Å². The second kappa shape index (κ2) is 4.42. The molecule has 0 bridgehead atoms. The molecule has 1 aromatic rings. The number of ether oxygens (including phenoxy) is 1. The Bertz CT molecular complexity index is 399. The summed E-state index contributed by atoms with van der Waals surface area (Å²) < 4.78 is 41.3. The second-order valence-corrected chi connectivity index (χ2v) is 2.91. The Kier molecular flexibility index (Phi) is 3.41. The molecule has 3 nitrogen and oxygen atoms in total. The summed E-state index contributed by atoms with van der Waals surface area (Å²) in [5.74, 6) is -3.02. The molecule has 0 aliphatic rings. The van der Waals surface area contributed by atoms with Crippen molar-refractivity contribution in [2.24, 2.45) is 0 Å². The van der Waals surface area contributed by atoms with Gasteiger partial charge in [0.05, 0.1) is 12.2 Å². The van der Waals surface area contributed by atoms with E-state index in [0.717, 1.165) is 6.07 Å². The third-order valence-corrected chi connectivity index (χ3v) is 1.80. The van der Waals surface area contributed by atoms with Crippen LogP contribution in [0.25, 0.3) is 0 Å². The van der Waals surface area contributed by atoms with Crippen LogP contribution in [-0.2, 0) is 0 Å². The van der Waals surface area contributed by atoms with Crippen LogP contribution in [0.4, 0.5) is 13.2 Å². The van der Waals surface area contributed by atoms with Gasteiger partial charge in [0.15, 0.2) is 11.5 Å². The molecule has 88 valence electrons. The predicted molar refractivity (Wildman–Crippen MR) is 49.7 cm³/mol. The molecule has 0 unspecified atom stereocenters. The first-order valence-corrected chi connectivity index (χ1v) is 4.44. The van der Waals surface area contributed by atoms with Gasteiger partial charge in [-0.1, -0.05) is 6.07 Å². The van der Waals surface area contributed by atoms with Gasteiger partial charge in [-0.2, -0.15) is 13.2 Å². The van der Waals surface area contributed by atoms with Crippen molar-refractivity contribution in [3.05, 3.63) is 23.8 Å². The molecule has 0 aromatic heterocycles. The van der Waals surface area contributed by atoms with Crippen molar-refractivity contribution in [1.29, 1.82) is 0 Å². The number of carbonyl (C=O) groups excluding carboxylic acids is 1. The number of halogens is 3. The van der Waals surface area contributed by atoms with E-state index < -0.39 is 23.3 Å². The van der Waals surface area contributed by atoms with Crippen molar-refractivity contribution < 1.29 is 27.8 Å². The number of phenols is 1. The highest BCUT2D eigenvalue weighted by Crippen LogP contribution is 2.33. The number of phenolic OH excluding ortho intramolecular Hbond substituents is 1. The number of aromatic hydroxyl groups is 1. The van der Waals surface area contributed by atoms with Crippen molar-refractivity contribution >= 4 is 5.78 Å². The maximum absolute atomic E-state index is 12.1. The molecule has 16 heavy (non-hydrogen) atoms. The van der Waals surface area contributed by atoms with E-state index in [0.29, 0.717) is 0 Å². The molecule has 0 aliphatic carbocycles. The number of para-hydroxylation sites is 1. The molecule has 0 saturated heterocycles. The first-order chi connectivity index (χ1) is 7.38. The van der Waals surface area contributed by atoms with Gasteiger partial charge in [0.1, 0.15) is 0 Å². The zero-order chi connectivity index (χ0) is 12.3. The maximum atomic E-state index is 12.1. The molecule has 0 heterocycles. The summed E-state index contributed by atoms with van der Waals surface area (Å²) in [6.07, 6.45) is -5.01. The molecule has 0 fully saturated rings. The summed E-state index contributed by atoms with van der Waals surface area (Å²) in [6, 6.07) is 3.39. The fraction of sp³-hybridized carbons (Fsp3) is 0.300. The van der Waals surface area contributed by atoms with E-state index in [1.54, 1.807) is 6.92 Å². The Balaban J connectivity index is 3.16. The van der Waals surface area contributed by atoms with Crippen LogP contribution in [0.5, 0.6) is 11.5 Å². The minimum atomic E-state index is -5.01. The van der Waals surface area contributed by atoms with E-state index >= 15 is 0 Å². The molecule has 0 radical (unpaired) electrons. The molecule has 1 rings (SSSR count). The average molecular weight is 234 g/mol. The summed E-state index contributed by atoms with van der Waals surface area (Å²) in [5, 5.41) is 9.41. The monoisotopic (exact) mass is 234 g/mol. The smallest absolute Gasteiger partial charge is 0.455 e. The number of benzene rings is 1. The fourth-order valence-corrected chi connectivity index (χ4v) is 1.13. The Morgan fingerprint density at radius 2 is 2.06 bits per heavy atom. The van der Waals surface area contributed by atoms with E-state index in [2.05, 4.69) is 0 Å². The van der Waals surface area contributed by atoms with Crippen LogP contribution in [0.3, 0.4) is 0 Å². The van der Waals surface area contributed by atoms with Crippen LogP contribution < -0.4 is 4.74 Å². The highest BCUT2D eigenvalue weighted by Gasteiger charge is 2.41. The van der Waals surface area contributed by atoms with Crippen LogP contribution in [0.15, 0.2) is 18.2 Å². The van der Waals surface area contributed by atoms with Gasteiger partial charge < -0.3 is 9.84 Å². The standard InChI is InChI=1S/C10H9F3O3/c1-2-16-7-5-3-4-6(8(7)14)9(15)10(11,12)13/h3-5,14H,2H2,1H3. The molecule has 0 amide bonds. The molecular weight excluding hydrogens is 225 g/mol. The van der Waals surface area contributed by atoms with Gasteiger partial charge in [-0.05, 0) is 19.1 Å². The minimum absolute atomic E-state index is 0.141. The van der Waals surface area contributed by atoms with Gasteiger partial charge >= 0.3 is 6.18 Å². The summed E-state index contributed by atoms with van der Waals surface area (Å²) in [7, 11) is 0. The molecule has 0 atom stereocenters.